The van der Waals surface area contributed by atoms with Crippen molar-refractivity contribution in [2.24, 2.45) is 0 Å². The third-order valence-electron chi connectivity index (χ3n) is 4.30. The van der Waals surface area contributed by atoms with Gasteiger partial charge in [0.05, 0.1) is 20.3 Å². The van der Waals surface area contributed by atoms with E-state index < -0.39 is 0 Å². The molecule has 0 aromatic heterocycles. The number of hydrogen-bond donors (Lipinski definition) is 2. The van der Waals surface area contributed by atoms with Gasteiger partial charge in [-0.1, -0.05) is 24.3 Å². The Hall–Kier alpha value is -2.28. The van der Waals surface area contributed by atoms with Crippen molar-refractivity contribution >= 4 is 5.69 Å². The van der Waals surface area contributed by atoms with Gasteiger partial charge in [0.15, 0.2) is 11.5 Å². The van der Waals surface area contributed by atoms with Crippen molar-refractivity contribution in [3.8, 4) is 11.5 Å². The number of rotatable bonds is 9. The zero-order chi connectivity index (χ0) is 18.0. The fraction of sp³-hybridized carbons (Fsp3) is 0.400. The fourth-order valence-corrected chi connectivity index (χ4v) is 2.82. The second-order valence-electron chi connectivity index (χ2n) is 6.13. The van der Waals surface area contributed by atoms with Gasteiger partial charge in [0, 0.05) is 31.9 Å². The minimum absolute atomic E-state index is 0.634. The second kappa shape index (κ2) is 10.0. The van der Waals surface area contributed by atoms with Crippen LogP contribution < -0.4 is 20.3 Å². The number of methoxy groups -OCH3 is 1. The first-order chi connectivity index (χ1) is 12.8. The molecule has 3 rings (SSSR count). The van der Waals surface area contributed by atoms with E-state index in [1.54, 1.807) is 7.11 Å². The van der Waals surface area contributed by atoms with E-state index in [1.807, 2.05) is 48.5 Å². The molecule has 26 heavy (non-hydrogen) atoms. The molecule has 0 radical (unpaired) electrons. The lowest BCUT2D eigenvalue weighted by molar-refractivity contribution is 0.0321. The summed E-state index contributed by atoms with van der Waals surface area (Å²) in [5, 5.41) is 0. The Kier molecular flexibility index (Phi) is 7.13. The summed E-state index contributed by atoms with van der Waals surface area (Å²) in [6, 6.07) is 16.0. The molecule has 6 heteroatoms. The van der Waals surface area contributed by atoms with Gasteiger partial charge in [0.2, 0.25) is 0 Å². The smallest absolute Gasteiger partial charge is 0.161 e. The van der Waals surface area contributed by atoms with Gasteiger partial charge < -0.3 is 19.6 Å². The van der Waals surface area contributed by atoms with Crippen LogP contribution in [0.5, 0.6) is 11.5 Å². The highest BCUT2D eigenvalue weighted by Crippen LogP contribution is 2.28. The van der Waals surface area contributed by atoms with E-state index >= 15 is 0 Å². The average Bonchev–Trinajstić information content (AvgIpc) is 2.70. The van der Waals surface area contributed by atoms with Crippen molar-refractivity contribution in [2.75, 3.05) is 52.0 Å². The maximum atomic E-state index is 5.98. The van der Waals surface area contributed by atoms with Crippen LogP contribution in [0.15, 0.2) is 48.5 Å². The summed E-state index contributed by atoms with van der Waals surface area (Å²) in [7, 11) is 1.67. The lowest BCUT2D eigenvalue weighted by Gasteiger charge is -2.26. The van der Waals surface area contributed by atoms with Gasteiger partial charge in [0.1, 0.15) is 6.61 Å². The van der Waals surface area contributed by atoms with Crippen LogP contribution >= 0.6 is 0 Å². The highest BCUT2D eigenvalue weighted by atomic mass is 16.5. The van der Waals surface area contributed by atoms with Gasteiger partial charge in [-0.2, -0.15) is 0 Å². The number of hydrazine groups is 1. The maximum Gasteiger partial charge on any atom is 0.161 e. The molecule has 1 heterocycles. The molecule has 2 N–H and O–H groups in total. The highest BCUT2D eigenvalue weighted by Gasteiger charge is 2.11. The van der Waals surface area contributed by atoms with Crippen LogP contribution in [0.1, 0.15) is 5.56 Å². The van der Waals surface area contributed by atoms with Crippen molar-refractivity contribution in [2.45, 2.75) is 6.54 Å². The standard InChI is InChI=1S/C20H27N3O3/c1-24-19-8-7-17(16-21-22-18-5-3-2-4-6-18)15-20(19)26-14-11-23-9-12-25-13-10-23/h2-8,15,21-22H,9-14,16H2,1H3. The third kappa shape index (κ3) is 5.62. The molecule has 1 saturated heterocycles. The van der Waals surface area contributed by atoms with E-state index in [9.17, 15) is 0 Å². The molecule has 0 saturated carbocycles. The lowest BCUT2D eigenvalue weighted by Crippen LogP contribution is -2.38. The van der Waals surface area contributed by atoms with Gasteiger partial charge >= 0.3 is 0 Å². The Labute approximate surface area is 155 Å². The summed E-state index contributed by atoms with van der Waals surface area (Å²) in [6.45, 7) is 5.75. The van der Waals surface area contributed by atoms with Crippen molar-refractivity contribution in [3.63, 3.8) is 0 Å². The van der Waals surface area contributed by atoms with Crippen molar-refractivity contribution in [3.05, 3.63) is 54.1 Å². The van der Waals surface area contributed by atoms with E-state index in [-0.39, 0.29) is 0 Å². The first kappa shape index (κ1) is 18.5. The minimum atomic E-state index is 0.634. The summed E-state index contributed by atoms with van der Waals surface area (Å²) in [5.41, 5.74) is 8.56. The molecule has 0 amide bonds. The molecule has 140 valence electrons. The zero-order valence-electron chi connectivity index (χ0n) is 15.2. The van der Waals surface area contributed by atoms with Crippen molar-refractivity contribution in [1.29, 1.82) is 0 Å². The zero-order valence-corrected chi connectivity index (χ0v) is 15.2. The minimum Gasteiger partial charge on any atom is -0.493 e. The van der Waals surface area contributed by atoms with Crippen molar-refractivity contribution < 1.29 is 14.2 Å². The molecule has 2 aromatic rings. The number of para-hydroxylation sites is 1. The summed E-state index contributed by atoms with van der Waals surface area (Å²) >= 11 is 0. The summed E-state index contributed by atoms with van der Waals surface area (Å²) in [4.78, 5) is 2.35. The molecule has 0 bridgehead atoms. The first-order valence-electron chi connectivity index (χ1n) is 8.99. The van der Waals surface area contributed by atoms with Crippen LogP contribution in [-0.2, 0) is 11.3 Å². The second-order valence-corrected chi connectivity index (χ2v) is 6.13. The molecule has 6 nitrogen and oxygen atoms in total. The maximum absolute atomic E-state index is 5.98. The number of benzene rings is 2. The predicted molar refractivity (Wildman–Crippen MR) is 103 cm³/mol. The Morgan fingerprint density at radius 1 is 1.04 bits per heavy atom. The largest absolute Gasteiger partial charge is 0.493 e. The predicted octanol–water partition coefficient (Wildman–Crippen LogP) is 2.52. The number of morpholine rings is 1. The molecule has 1 aliphatic heterocycles. The molecule has 0 spiro atoms. The molecule has 0 atom stereocenters. The molecule has 0 unspecified atom stereocenters. The third-order valence-corrected chi connectivity index (χ3v) is 4.30. The Morgan fingerprint density at radius 3 is 2.62 bits per heavy atom. The average molecular weight is 357 g/mol. The Balaban J connectivity index is 1.50. The van der Waals surface area contributed by atoms with Crippen LogP contribution in [0.4, 0.5) is 5.69 Å². The van der Waals surface area contributed by atoms with E-state index in [0.29, 0.717) is 13.2 Å². The molecule has 2 aromatic carbocycles. The molecule has 1 aliphatic rings. The van der Waals surface area contributed by atoms with Gasteiger partial charge in [-0.3, -0.25) is 4.90 Å². The highest BCUT2D eigenvalue weighted by molar-refractivity contribution is 5.44. The number of nitrogens with zero attached hydrogens (tertiary/aromatic N) is 1. The van der Waals surface area contributed by atoms with Crippen molar-refractivity contribution in [1.82, 2.24) is 10.3 Å². The van der Waals surface area contributed by atoms with E-state index in [1.165, 1.54) is 0 Å². The summed E-state index contributed by atoms with van der Waals surface area (Å²) in [6.07, 6.45) is 0. The quantitative estimate of drug-likeness (QED) is 0.673. The van der Waals surface area contributed by atoms with Crippen LogP contribution in [-0.4, -0.2) is 51.5 Å². The van der Waals surface area contributed by atoms with E-state index in [4.69, 9.17) is 14.2 Å². The lowest BCUT2D eigenvalue weighted by atomic mass is 10.2. The van der Waals surface area contributed by atoms with Gasteiger partial charge in [-0.15, -0.1) is 0 Å². The molecular formula is C20H27N3O3. The van der Waals surface area contributed by atoms with Gasteiger partial charge in [-0.25, -0.2) is 5.43 Å². The number of nitrogens with one attached hydrogen (secondary N) is 2. The van der Waals surface area contributed by atoms with E-state index in [0.717, 1.165) is 55.6 Å². The van der Waals surface area contributed by atoms with E-state index in [2.05, 4.69) is 15.8 Å². The Morgan fingerprint density at radius 2 is 1.85 bits per heavy atom. The fourth-order valence-electron chi connectivity index (χ4n) is 2.82. The van der Waals surface area contributed by atoms with Gasteiger partial charge in [0.25, 0.3) is 0 Å². The van der Waals surface area contributed by atoms with Crippen LogP contribution in [0, 0.1) is 0 Å². The molecule has 0 aliphatic carbocycles. The number of hydrogen-bond acceptors (Lipinski definition) is 6. The topological polar surface area (TPSA) is 55.0 Å². The number of ether oxygens (including phenoxy) is 3. The van der Waals surface area contributed by atoms with Gasteiger partial charge in [-0.05, 0) is 29.8 Å². The monoisotopic (exact) mass is 357 g/mol. The summed E-state index contributed by atoms with van der Waals surface area (Å²) in [5.74, 6) is 1.53. The first-order valence-corrected chi connectivity index (χ1v) is 8.99. The van der Waals surface area contributed by atoms with Crippen LogP contribution in [0.3, 0.4) is 0 Å². The molecule has 1 fully saturated rings. The van der Waals surface area contributed by atoms with Crippen LogP contribution in [0.25, 0.3) is 0 Å². The summed E-state index contributed by atoms with van der Waals surface area (Å²) < 4.78 is 16.8. The Bertz CT molecular complexity index is 661. The van der Waals surface area contributed by atoms with Crippen LogP contribution in [0.2, 0.25) is 0 Å². The molecular weight excluding hydrogens is 330 g/mol. The number of anilines is 1. The normalized spacial score (nSPS) is 14.8. The SMILES string of the molecule is COc1ccc(CNNc2ccccc2)cc1OCCN1CCOCC1.